The number of fused-ring (bicyclic) bond motifs is 8. The van der Waals surface area contributed by atoms with Crippen molar-refractivity contribution < 1.29 is 35.9 Å². The number of H-pyrrole nitrogens is 2. The van der Waals surface area contributed by atoms with Crippen molar-refractivity contribution in [3.8, 4) is 22.3 Å². The van der Waals surface area contributed by atoms with Crippen molar-refractivity contribution in [3.05, 3.63) is 106 Å². The lowest BCUT2D eigenvalue weighted by Crippen LogP contribution is -2.30. The number of nitrogens with one attached hydrogen (secondary N) is 4. The van der Waals surface area contributed by atoms with Crippen LogP contribution in [0.2, 0.25) is 0 Å². The Kier molecular flexibility index (Phi) is 11.6. The van der Waals surface area contributed by atoms with Crippen LogP contribution in [0, 0.1) is 13.8 Å². The van der Waals surface area contributed by atoms with Crippen LogP contribution in [-0.2, 0) is 22.4 Å². The van der Waals surface area contributed by atoms with Gasteiger partial charge in [-0.05, 0) is 122 Å². The Morgan fingerprint density at radius 1 is 0.565 bits per heavy atom. The molecule has 3 aromatic heterocycles. The number of hydrogen-bond acceptors (Lipinski definition) is 4. The number of halogens is 6. The minimum atomic E-state index is -5.14. The van der Waals surface area contributed by atoms with Crippen molar-refractivity contribution in [2.45, 2.75) is 93.4 Å². The Hall–Kier alpha value is -6.44. The number of para-hydroxylation sites is 2. The van der Waals surface area contributed by atoms with Crippen LogP contribution in [0.4, 0.5) is 37.7 Å². The van der Waals surface area contributed by atoms with E-state index in [1.807, 2.05) is 67.5 Å². The number of nitrogens with zero attached hydrogens (tertiary/aromatic N) is 2. The van der Waals surface area contributed by atoms with Gasteiger partial charge in [0.25, 0.3) is 0 Å². The third-order valence-corrected chi connectivity index (χ3v) is 11.9. The van der Waals surface area contributed by atoms with Crippen molar-refractivity contribution in [1.29, 1.82) is 0 Å². The molecule has 8 nitrogen and oxygen atoms in total. The predicted octanol–water partition coefficient (Wildman–Crippen LogP) is 13.1. The van der Waals surface area contributed by atoms with Crippen LogP contribution >= 0.6 is 0 Å². The summed E-state index contributed by atoms with van der Waals surface area (Å²) < 4.78 is 82.4. The number of benzene rings is 2. The van der Waals surface area contributed by atoms with E-state index in [0.29, 0.717) is 92.8 Å². The number of allylic oxidation sites excluding steroid dienone is 4. The molecule has 2 aliphatic heterocycles. The molecule has 0 radical (unpaired) electrons. The van der Waals surface area contributed by atoms with Gasteiger partial charge in [-0.15, -0.1) is 0 Å². The molecule has 5 aromatic rings. The SMILES string of the molecule is CCC1=C(C)c2nc1cc1[nH]c(c(C)c1CC)c(-c1ccccc1NC(=O)C(F)(F)F)c1[nH]c(cc3nc(c2-c2ccccc2NC(=O)C(F)(F)F)C(C)=C3CC)c(CC)c1C. The first-order valence-electron chi connectivity index (χ1n) is 20.5. The predicted molar refractivity (Wildman–Crippen MR) is 235 cm³/mol. The molecule has 7 rings (SSSR count). The van der Waals surface area contributed by atoms with Gasteiger partial charge in [0.2, 0.25) is 0 Å². The number of hydrogen-bond donors (Lipinski definition) is 4. The smallest absolute Gasteiger partial charge is 0.354 e. The summed E-state index contributed by atoms with van der Waals surface area (Å²) in [5.41, 5.74) is 13.2. The molecule has 0 atom stereocenters. The Balaban J connectivity index is 1.72. The van der Waals surface area contributed by atoms with Crippen molar-refractivity contribution in [2.75, 3.05) is 10.6 Å². The molecule has 62 heavy (non-hydrogen) atoms. The average Bonchev–Trinajstić information content (AvgIpc) is 3.91. The molecule has 5 heterocycles. The number of aromatic nitrogens is 4. The van der Waals surface area contributed by atoms with Crippen molar-refractivity contribution in [2.24, 2.45) is 0 Å². The third-order valence-electron chi connectivity index (χ3n) is 11.9. The van der Waals surface area contributed by atoms with E-state index in [0.717, 1.165) is 44.5 Å². The molecule has 2 aliphatic rings. The second kappa shape index (κ2) is 16.4. The molecule has 322 valence electrons. The van der Waals surface area contributed by atoms with Gasteiger partial charge in [-0.25, -0.2) is 9.97 Å². The van der Waals surface area contributed by atoms with Crippen molar-refractivity contribution >= 4 is 67.5 Å². The van der Waals surface area contributed by atoms with Crippen molar-refractivity contribution in [3.63, 3.8) is 0 Å². The Morgan fingerprint density at radius 2 is 0.935 bits per heavy atom. The lowest BCUT2D eigenvalue weighted by molar-refractivity contribution is -0.167. The van der Waals surface area contributed by atoms with E-state index in [-0.39, 0.29) is 11.4 Å². The largest absolute Gasteiger partial charge is 0.471 e. The quantitative estimate of drug-likeness (QED) is 0.116. The van der Waals surface area contributed by atoms with Gasteiger partial charge in [0.1, 0.15) is 0 Å². The summed E-state index contributed by atoms with van der Waals surface area (Å²) in [6, 6.07) is 16.6. The van der Waals surface area contributed by atoms with E-state index in [1.54, 1.807) is 36.4 Å². The normalized spacial score (nSPS) is 13.3. The molecule has 2 amide bonds. The topological polar surface area (TPSA) is 116 Å². The molecule has 14 heteroatoms. The van der Waals surface area contributed by atoms with E-state index in [2.05, 4.69) is 20.6 Å². The van der Waals surface area contributed by atoms with Gasteiger partial charge in [-0.2, -0.15) is 26.3 Å². The van der Waals surface area contributed by atoms with Crippen molar-refractivity contribution in [1.82, 2.24) is 19.9 Å². The van der Waals surface area contributed by atoms with E-state index < -0.39 is 24.2 Å². The Bertz CT molecular complexity index is 2790. The molecule has 0 aliphatic carbocycles. The second-order valence-corrected chi connectivity index (χ2v) is 15.4. The van der Waals surface area contributed by atoms with Gasteiger partial charge in [0.15, 0.2) is 0 Å². The lowest BCUT2D eigenvalue weighted by atomic mass is 9.92. The zero-order chi connectivity index (χ0) is 45.0. The van der Waals surface area contributed by atoms with Gasteiger partial charge in [-0.1, -0.05) is 64.1 Å². The maximum atomic E-state index is 13.7. The molecule has 0 saturated heterocycles. The first kappa shape index (κ1) is 43.6. The van der Waals surface area contributed by atoms with Crippen LogP contribution in [0.15, 0.2) is 60.7 Å². The standard InChI is InChI=1S/C48H46F6N6O2/c1-9-27-23(5)41-39(31-17-13-15-19-33(31)59-45(61)47(49,50)51)42-25(7)29(11-3)37(57-42)22-38-30(12-4)26(8)44(58-38)40(32-18-14-16-20-34(32)60-46(62)48(52,53)54)43-24(6)28(10-2)36(56-43)21-35(27)55-41/h13-22,55,57H,9-12H2,1-8H3,(H,59,61)(H,60,62). The minimum Gasteiger partial charge on any atom is -0.354 e. The zero-order valence-corrected chi connectivity index (χ0v) is 35.6. The molecule has 0 fully saturated rings. The third kappa shape index (κ3) is 7.60. The highest BCUT2D eigenvalue weighted by Gasteiger charge is 2.40. The first-order valence-corrected chi connectivity index (χ1v) is 20.5. The average molecular weight is 853 g/mol. The van der Waals surface area contributed by atoms with Gasteiger partial charge in [-0.3, -0.25) is 9.59 Å². The fourth-order valence-corrected chi connectivity index (χ4v) is 8.84. The molecule has 2 aromatic carbocycles. The fraction of sp³-hybridized carbons (Fsp3) is 0.292. The molecule has 0 unspecified atom stereocenters. The van der Waals surface area contributed by atoms with Crippen LogP contribution in [-0.4, -0.2) is 44.1 Å². The van der Waals surface area contributed by atoms with Gasteiger partial charge in [0, 0.05) is 44.7 Å². The lowest BCUT2D eigenvalue weighted by Gasteiger charge is -2.16. The highest BCUT2D eigenvalue weighted by Crippen LogP contribution is 2.46. The number of carbonyl (C=O) groups excluding carboxylic acids is 2. The van der Waals surface area contributed by atoms with Crippen LogP contribution in [0.3, 0.4) is 0 Å². The summed E-state index contributed by atoms with van der Waals surface area (Å²) in [7, 11) is 0. The minimum absolute atomic E-state index is 0.0263. The van der Waals surface area contributed by atoms with Crippen LogP contribution in [0.1, 0.15) is 99.4 Å². The second-order valence-electron chi connectivity index (χ2n) is 15.4. The Morgan fingerprint density at radius 3 is 1.29 bits per heavy atom. The molecule has 8 bridgehead atoms. The highest BCUT2D eigenvalue weighted by atomic mass is 19.4. The van der Waals surface area contributed by atoms with Crippen LogP contribution < -0.4 is 10.6 Å². The molecule has 0 saturated carbocycles. The zero-order valence-electron chi connectivity index (χ0n) is 35.6. The van der Waals surface area contributed by atoms with E-state index in [1.165, 1.54) is 12.1 Å². The maximum Gasteiger partial charge on any atom is 0.471 e. The highest BCUT2D eigenvalue weighted by molar-refractivity contribution is 6.08. The van der Waals surface area contributed by atoms with Gasteiger partial charge < -0.3 is 20.6 Å². The number of aryl methyl sites for hydroxylation is 4. The summed E-state index contributed by atoms with van der Waals surface area (Å²) in [6.45, 7) is 15.7. The first-order chi connectivity index (χ1) is 29.3. The fourth-order valence-electron chi connectivity index (χ4n) is 8.84. The number of aromatic amines is 2. The maximum absolute atomic E-state index is 13.7. The summed E-state index contributed by atoms with van der Waals surface area (Å²) in [5, 5.41) is 4.22. The van der Waals surface area contributed by atoms with E-state index in [9.17, 15) is 35.9 Å². The molecular formula is C48H46F6N6O2. The van der Waals surface area contributed by atoms with Gasteiger partial charge >= 0.3 is 24.2 Å². The number of rotatable bonds is 8. The summed E-state index contributed by atoms with van der Waals surface area (Å²) in [5.74, 6) is -4.21. The molecular weight excluding hydrogens is 807 g/mol. The van der Waals surface area contributed by atoms with Crippen LogP contribution in [0.5, 0.6) is 0 Å². The summed E-state index contributed by atoms with van der Waals surface area (Å²) in [6.07, 6.45) is -8.06. The Labute approximate surface area is 354 Å². The number of anilines is 2. The van der Waals surface area contributed by atoms with E-state index >= 15 is 0 Å². The number of amides is 2. The summed E-state index contributed by atoms with van der Waals surface area (Å²) >= 11 is 0. The summed E-state index contributed by atoms with van der Waals surface area (Å²) in [4.78, 5) is 42.6. The monoisotopic (exact) mass is 852 g/mol. The molecule has 0 spiro atoms. The molecule has 4 N–H and O–H groups in total. The van der Waals surface area contributed by atoms with Crippen LogP contribution in [0.25, 0.3) is 66.6 Å². The van der Waals surface area contributed by atoms with E-state index in [4.69, 9.17) is 9.97 Å². The number of alkyl halides is 6. The number of carbonyl (C=O) groups is 2. The van der Waals surface area contributed by atoms with Gasteiger partial charge in [0.05, 0.1) is 33.8 Å².